The first-order chi connectivity index (χ1) is 9.42. The van der Waals surface area contributed by atoms with Crippen LogP contribution in [0.2, 0.25) is 0 Å². The predicted octanol–water partition coefficient (Wildman–Crippen LogP) is -2.43. The molecule has 0 unspecified atom stereocenters. The minimum Gasteiger partial charge on any atom is -0.480 e. The van der Waals surface area contributed by atoms with Gasteiger partial charge in [-0.15, -0.1) is 5.10 Å². The molecule has 1 heterocycles. The third-order valence-electron chi connectivity index (χ3n) is 2.41. The van der Waals surface area contributed by atoms with Gasteiger partial charge in [0.1, 0.15) is 12.6 Å². The highest BCUT2D eigenvalue weighted by Crippen LogP contribution is 1.98. The number of hydrogen-bond acceptors (Lipinski definition) is 6. The topological polar surface area (TPSA) is 166 Å². The highest BCUT2D eigenvalue weighted by Gasteiger charge is 2.20. The zero-order chi connectivity index (χ0) is 15.1. The highest BCUT2D eigenvalue weighted by atomic mass is 16.4. The minimum atomic E-state index is -1.24. The first-order valence-corrected chi connectivity index (χ1v) is 5.82. The standard InChI is InChI=1S/C10H16N6O4/c11-3-6-4-16(15-14-6)5-9(18)13-7(10(19)20)1-2-8(12)17/h4,7H,1-3,5,11H2,(H2,12,17)(H,13,18)(H,19,20)/t7-/m1/s1. The van der Waals surface area contributed by atoms with Crippen molar-refractivity contribution < 1.29 is 19.5 Å². The Kier molecular flexibility index (Phi) is 5.59. The lowest BCUT2D eigenvalue weighted by molar-refractivity contribution is -0.142. The largest absolute Gasteiger partial charge is 0.480 e. The summed E-state index contributed by atoms with van der Waals surface area (Å²) in [4.78, 5) is 33.2. The second-order valence-corrected chi connectivity index (χ2v) is 4.07. The number of hydrogen-bond donors (Lipinski definition) is 4. The van der Waals surface area contributed by atoms with Crippen LogP contribution >= 0.6 is 0 Å². The van der Waals surface area contributed by atoms with Gasteiger partial charge in [-0.25, -0.2) is 9.48 Å². The molecule has 6 N–H and O–H groups in total. The van der Waals surface area contributed by atoms with Gasteiger partial charge in [0, 0.05) is 13.0 Å². The van der Waals surface area contributed by atoms with Crippen LogP contribution in [0.5, 0.6) is 0 Å². The molecule has 1 aromatic heterocycles. The smallest absolute Gasteiger partial charge is 0.326 e. The van der Waals surface area contributed by atoms with Gasteiger partial charge in [-0.05, 0) is 6.42 Å². The molecular weight excluding hydrogens is 268 g/mol. The van der Waals surface area contributed by atoms with E-state index in [-0.39, 0.29) is 25.9 Å². The molecule has 0 aliphatic heterocycles. The van der Waals surface area contributed by atoms with Crippen molar-refractivity contribution in [3.05, 3.63) is 11.9 Å². The maximum atomic E-state index is 11.7. The Morgan fingerprint density at radius 3 is 2.65 bits per heavy atom. The Hall–Kier alpha value is -2.49. The number of rotatable bonds is 8. The molecule has 0 fully saturated rings. The summed E-state index contributed by atoms with van der Waals surface area (Å²) in [6.07, 6.45) is 1.29. The van der Waals surface area contributed by atoms with Gasteiger partial charge in [-0.2, -0.15) is 0 Å². The van der Waals surface area contributed by atoms with Crippen molar-refractivity contribution in [3.63, 3.8) is 0 Å². The van der Waals surface area contributed by atoms with E-state index in [2.05, 4.69) is 15.6 Å². The van der Waals surface area contributed by atoms with Gasteiger partial charge < -0.3 is 21.9 Å². The summed E-state index contributed by atoms with van der Waals surface area (Å²) < 4.78 is 1.24. The van der Waals surface area contributed by atoms with Crippen molar-refractivity contribution in [1.29, 1.82) is 0 Å². The maximum absolute atomic E-state index is 11.7. The van der Waals surface area contributed by atoms with Gasteiger partial charge in [-0.3, -0.25) is 9.59 Å². The van der Waals surface area contributed by atoms with Crippen LogP contribution in [0.25, 0.3) is 0 Å². The number of carbonyl (C=O) groups is 3. The van der Waals surface area contributed by atoms with E-state index >= 15 is 0 Å². The molecule has 1 aromatic rings. The van der Waals surface area contributed by atoms with Crippen molar-refractivity contribution in [3.8, 4) is 0 Å². The van der Waals surface area contributed by atoms with Crippen LogP contribution in [0.4, 0.5) is 0 Å². The first kappa shape index (κ1) is 15.6. The Labute approximate surface area is 114 Å². The zero-order valence-electron chi connectivity index (χ0n) is 10.7. The fourth-order valence-corrected chi connectivity index (χ4v) is 1.44. The molecule has 0 bridgehead atoms. The predicted molar refractivity (Wildman–Crippen MR) is 65.9 cm³/mol. The summed E-state index contributed by atoms with van der Waals surface area (Å²) in [6.45, 7) is 0.00529. The van der Waals surface area contributed by atoms with E-state index in [1.54, 1.807) is 0 Å². The van der Waals surface area contributed by atoms with Gasteiger partial charge in [0.15, 0.2) is 0 Å². The summed E-state index contributed by atoms with van der Waals surface area (Å²) in [6, 6.07) is -1.17. The Bertz CT molecular complexity index is 500. The molecule has 2 amide bonds. The van der Waals surface area contributed by atoms with Gasteiger partial charge in [0.05, 0.1) is 11.9 Å². The summed E-state index contributed by atoms with van der Waals surface area (Å²) in [5.41, 5.74) is 10.8. The lowest BCUT2D eigenvalue weighted by atomic mass is 10.1. The third kappa shape index (κ3) is 5.02. The van der Waals surface area contributed by atoms with E-state index < -0.39 is 23.8 Å². The van der Waals surface area contributed by atoms with E-state index in [0.29, 0.717) is 5.69 Å². The number of primary amides is 1. The van der Waals surface area contributed by atoms with E-state index in [4.69, 9.17) is 16.6 Å². The average Bonchev–Trinajstić information content (AvgIpc) is 2.81. The molecule has 0 aliphatic rings. The Morgan fingerprint density at radius 1 is 1.45 bits per heavy atom. The number of aliphatic carboxylic acids is 1. The summed E-state index contributed by atoms with van der Waals surface area (Å²) in [5, 5.41) is 18.6. The van der Waals surface area contributed by atoms with Crippen LogP contribution in [0.1, 0.15) is 18.5 Å². The normalized spacial score (nSPS) is 11.8. The molecule has 0 spiro atoms. The molecule has 20 heavy (non-hydrogen) atoms. The molecule has 110 valence electrons. The Morgan fingerprint density at radius 2 is 2.15 bits per heavy atom. The van der Waals surface area contributed by atoms with Crippen LogP contribution in [-0.4, -0.2) is 43.9 Å². The molecule has 0 saturated heterocycles. The van der Waals surface area contributed by atoms with Gasteiger partial charge >= 0.3 is 5.97 Å². The second kappa shape index (κ2) is 7.19. The van der Waals surface area contributed by atoms with Crippen LogP contribution in [0, 0.1) is 0 Å². The number of aromatic nitrogens is 3. The minimum absolute atomic E-state index is 0.0676. The van der Waals surface area contributed by atoms with E-state index in [1.165, 1.54) is 10.9 Å². The molecule has 1 atom stereocenters. The third-order valence-corrected chi connectivity index (χ3v) is 2.41. The number of carbonyl (C=O) groups excluding carboxylic acids is 2. The van der Waals surface area contributed by atoms with Crippen LogP contribution < -0.4 is 16.8 Å². The molecule has 10 heteroatoms. The molecule has 0 radical (unpaired) electrons. The summed E-state index contributed by atoms with van der Waals surface area (Å²) in [7, 11) is 0. The number of carboxylic acid groups (broad SMARTS) is 1. The average molecular weight is 284 g/mol. The highest BCUT2D eigenvalue weighted by molar-refractivity contribution is 5.84. The van der Waals surface area contributed by atoms with Gasteiger partial charge in [0.25, 0.3) is 0 Å². The number of nitrogens with one attached hydrogen (secondary N) is 1. The first-order valence-electron chi connectivity index (χ1n) is 5.82. The van der Waals surface area contributed by atoms with Crippen LogP contribution in [-0.2, 0) is 27.5 Å². The summed E-state index contributed by atoms with van der Waals surface area (Å²) >= 11 is 0. The second-order valence-electron chi connectivity index (χ2n) is 4.07. The van der Waals surface area contributed by atoms with Crippen molar-refractivity contribution in [2.45, 2.75) is 32.0 Å². The monoisotopic (exact) mass is 284 g/mol. The van der Waals surface area contributed by atoms with Crippen molar-refractivity contribution in [2.75, 3.05) is 0 Å². The number of nitrogens with zero attached hydrogens (tertiary/aromatic N) is 3. The molecular formula is C10H16N6O4. The Balaban J connectivity index is 2.52. The lowest BCUT2D eigenvalue weighted by Crippen LogP contribution is -2.42. The molecule has 0 aromatic carbocycles. The van der Waals surface area contributed by atoms with Crippen LogP contribution in [0.3, 0.4) is 0 Å². The molecule has 0 saturated carbocycles. The van der Waals surface area contributed by atoms with Gasteiger partial charge in [0.2, 0.25) is 11.8 Å². The van der Waals surface area contributed by atoms with Crippen LogP contribution in [0.15, 0.2) is 6.20 Å². The van der Waals surface area contributed by atoms with E-state index in [0.717, 1.165) is 0 Å². The van der Waals surface area contributed by atoms with E-state index in [9.17, 15) is 14.4 Å². The molecule has 1 rings (SSSR count). The van der Waals surface area contributed by atoms with Crippen molar-refractivity contribution in [1.82, 2.24) is 20.3 Å². The quantitative estimate of drug-likeness (QED) is 0.411. The molecule has 10 nitrogen and oxygen atoms in total. The number of nitrogens with two attached hydrogens (primary N) is 2. The number of carboxylic acids is 1. The van der Waals surface area contributed by atoms with Crippen molar-refractivity contribution in [2.24, 2.45) is 11.5 Å². The SMILES string of the molecule is NCc1cn(CC(=O)N[C@H](CCC(N)=O)C(=O)O)nn1. The zero-order valence-corrected chi connectivity index (χ0v) is 10.7. The summed E-state index contributed by atoms with van der Waals surface area (Å²) in [5.74, 6) is -2.43. The maximum Gasteiger partial charge on any atom is 0.326 e. The fourth-order valence-electron chi connectivity index (χ4n) is 1.44. The van der Waals surface area contributed by atoms with E-state index in [1.807, 2.05) is 0 Å². The fraction of sp³-hybridized carbons (Fsp3) is 0.500. The number of amides is 2. The lowest BCUT2D eigenvalue weighted by Gasteiger charge is -2.13. The van der Waals surface area contributed by atoms with Gasteiger partial charge in [-0.1, -0.05) is 5.21 Å². The molecule has 0 aliphatic carbocycles. The van der Waals surface area contributed by atoms with Crippen molar-refractivity contribution >= 4 is 17.8 Å².